The summed E-state index contributed by atoms with van der Waals surface area (Å²) in [6.45, 7) is 4.31. The number of halogens is 1. The highest BCUT2D eigenvalue weighted by atomic mass is 79.9. The molecular formula is C26H23BrN2O2. The van der Waals surface area contributed by atoms with Crippen LogP contribution in [0.25, 0.3) is 6.08 Å². The minimum absolute atomic E-state index is 0.0149. The second-order valence-electron chi connectivity index (χ2n) is 7.23. The Bertz CT molecular complexity index is 1120. The number of aryl methyl sites for hydroxylation is 1. The molecular weight excluding hydrogens is 452 g/mol. The predicted octanol–water partition coefficient (Wildman–Crippen LogP) is 6.12. The first-order valence-electron chi connectivity index (χ1n) is 9.92. The molecule has 3 rings (SSSR count). The van der Waals surface area contributed by atoms with Crippen LogP contribution in [0.5, 0.6) is 5.75 Å². The lowest BCUT2D eigenvalue weighted by molar-refractivity contribution is -0.117. The van der Waals surface area contributed by atoms with Gasteiger partial charge in [-0.1, -0.05) is 76.1 Å². The van der Waals surface area contributed by atoms with Crippen molar-refractivity contribution in [2.75, 3.05) is 0 Å². The molecule has 0 aliphatic carbocycles. The number of carbonyl (C=O) groups excluding carboxylic acids is 1. The molecule has 0 heterocycles. The van der Waals surface area contributed by atoms with E-state index in [0.29, 0.717) is 17.9 Å². The van der Waals surface area contributed by atoms with Crippen LogP contribution in [0.15, 0.2) is 82.8 Å². The lowest BCUT2D eigenvalue weighted by Gasteiger charge is -2.14. The third kappa shape index (κ3) is 6.31. The van der Waals surface area contributed by atoms with Crippen LogP contribution >= 0.6 is 15.9 Å². The van der Waals surface area contributed by atoms with E-state index in [-0.39, 0.29) is 11.6 Å². The number of amides is 1. The zero-order chi connectivity index (χ0) is 22.2. The van der Waals surface area contributed by atoms with Gasteiger partial charge in [-0.15, -0.1) is 0 Å². The molecule has 3 aromatic carbocycles. The molecule has 0 aliphatic rings. The van der Waals surface area contributed by atoms with Gasteiger partial charge in [0.25, 0.3) is 5.91 Å². The van der Waals surface area contributed by atoms with E-state index >= 15 is 0 Å². The minimum Gasteiger partial charge on any atom is -0.488 e. The van der Waals surface area contributed by atoms with Crippen molar-refractivity contribution in [2.45, 2.75) is 26.5 Å². The van der Waals surface area contributed by atoms with Crippen LogP contribution in [0.2, 0.25) is 0 Å². The van der Waals surface area contributed by atoms with E-state index in [9.17, 15) is 10.1 Å². The quantitative estimate of drug-likeness (QED) is 0.331. The Hall–Kier alpha value is -3.36. The normalized spacial score (nSPS) is 12.0. The zero-order valence-electron chi connectivity index (χ0n) is 17.4. The van der Waals surface area contributed by atoms with E-state index in [1.165, 1.54) is 5.56 Å². The van der Waals surface area contributed by atoms with Gasteiger partial charge in [0.05, 0.1) is 6.04 Å². The molecule has 0 radical (unpaired) electrons. The summed E-state index contributed by atoms with van der Waals surface area (Å²) in [4.78, 5) is 12.7. The maximum Gasteiger partial charge on any atom is 0.262 e. The highest BCUT2D eigenvalue weighted by Crippen LogP contribution is 2.27. The van der Waals surface area contributed by atoms with Gasteiger partial charge in [-0.25, -0.2) is 0 Å². The number of nitrogens with zero attached hydrogens (tertiary/aromatic N) is 1. The van der Waals surface area contributed by atoms with Crippen molar-refractivity contribution < 1.29 is 9.53 Å². The fourth-order valence-corrected chi connectivity index (χ4v) is 3.39. The van der Waals surface area contributed by atoms with Crippen LogP contribution in [-0.4, -0.2) is 5.91 Å². The Morgan fingerprint density at radius 3 is 2.52 bits per heavy atom. The summed E-state index contributed by atoms with van der Waals surface area (Å²) in [6.07, 6.45) is 1.56. The second-order valence-corrected chi connectivity index (χ2v) is 8.15. The number of nitriles is 1. The largest absolute Gasteiger partial charge is 0.488 e. The highest BCUT2D eigenvalue weighted by Gasteiger charge is 2.15. The number of ether oxygens (including phenoxy) is 1. The van der Waals surface area contributed by atoms with Gasteiger partial charge in [0.1, 0.15) is 24.0 Å². The van der Waals surface area contributed by atoms with Gasteiger partial charge in [-0.2, -0.15) is 5.26 Å². The van der Waals surface area contributed by atoms with E-state index in [1.54, 1.807) is 6.08 Å². The Morgan fingerprint density at radius 2 is 1.84 bits per heavy atom. The summed E-state index contributed by atoms with van der Waals surface area (Å²) in [5.74, 6) is 0.170. The molecule has 1 amide bonds. The van der Waals surface area contributed by atoms with Gasteiger partial charge in [0.2, 0.25) is 0 Å². The molecule has 0 spiro atoms. The lowest BCUT2D eigenvalue weighted by atomic mass is 10.1. The van der Waals surface area contributed by atoms with Crippen LogP contribution in [0.3, 0.4) is 0 Å². The number of nitrogens with one attached hydrogen (secondary N) is 1. The van der Waals surface area contributed by atoms with Gasteiger partial charge < -0.3 is 10.1 Å². The first kappa shape index (κ1) is 22.3. The Balaban J connectivity index is 1.79. The number of carbonyl (C=O) groups is 1. The molecule has 1 atom stereocenters. The number of rotatable bonds is 7. The lowest BCUT2D eigenvalue weighted by Crippen LogP contribution is -2.27. The van der Waals surface area contributed by atoms with Gasteiger partial charge in [-0.05, 0) is 49.2 Å². The third-order valence-electron chi connectivity index (χ3n) is 4.80. The zero-order valence-corrected chi connectivity index (χ0v) is 19.0. The van der Waals surface area contributed by atoms with Crippen molar-refractivity contribution in [3.63, 3.8) is 0 Å². The molecule has 0 unspecified atom stereocenters. The number of benzene rings is 3. The predicted molar refractivity (Wildman–Crippen MR) is 126 cm³/mol. The standard InChI is InChI=1S/C26H23BrN2O2/c1-18-8-10-20(11-9-18)17-31-25-13-12-24(27)15-22(25)14-23(16-28)26(30)29-19(2)21-6-4-3-5-7-21/h3-15,19H,17H2,1-2H3,(H,29,30)/b23-14-/t19-/m1/s1. The molecule has 0 fully saturated rings. The van der Waals surface area contributed by atoms with Gasteiger partial charge >= 0.3 is 0 Å². The molecule has 0 saturated heterocycles. The average molecular weight is 475 g/mol. The topological polar surface area (TPSA) is 62.1 Å². The second kappa shape index (κ2) is 10.6. The summed E-state index contributed by atoms with van der Waals surface area (Å²) in [7, 11) is 0. The van der Waals surface area contributed by atoms with Crippen LogP contribution in [-0.2, 0) is 11.4 Å². The van der Waals surface area contributed by atoms with Crippen molar-refractivity contribution in [3.8, 4) is 11.8 Å². The summed E-state index contributed by atoms with van der Waals surface area (Å²) in [5.41, 5.74) is 3.86. The van der Waals surface area contributed by atoms with Crippen LogP contribution in [0.1, 0.15) is 35.2 Å². The summed E-state index contributed by atoms with van der Waals surface area (Å²) < 4.78 is 6.82. The molecule has 0 saturated carbocycles. The maximum absolute atomic E-state index is 12.7. The highest BCUT2D eigenvalue weighted by molar-refractivity contribution is 9.10. The van der Waals surface area contributed by atoms with Crippen molar-refractivity contribution in [3.05, 3.63) is 105 Å². The number of hydrogen-bond acceptors (Lipinski definition) is 3. The minimum atomic E-state index is -0.427. The number of hydrogen-bond donors (Lipinski definition) is 1. The third-order valence-corrected chi connectivity index (χ3v) is 5.29. The first-order valence-corrected chi connectivity index (χ1v) is 10.7. The van der Waals surface area contributed by atoms with Crippen molar-refractivity contribution in [1.82, 2.24) is 5.32 Å². The van der Waals surface area contributed by atoms with Crippen molar-refractivity contribution in [1.29, 1.82) is 5.26 Å². The van der Waals surface area contributed by atoms with Crippen LogP contribution in [0.4, 0.5) is 0 Å². The average Bonchev–Trinajstić information content (AvgIpc) is 2.78. The molecule has 156 valence electrons. The molecule has 31 heavy (non-hydrogen) atoms. The Kier molecular flexibility index (Phi) is 7.64. The Labute approximate surface area is 191 Å². The first-order chi connectivity index (χ1) is 15.0. The molecule has 0 aromatic heterocycles. The fraction of sp³-hybridized carbons (Fsp3) is 0.154. The van der Waals surface area contributed by atoms with Gasteiger partial charge in [0.15, 0.2) is 0 Å². The summed E-state index contributed by atoms with van der Waals surface area (Å²) in [5, 5.41) is 12.5. The van der Waals surface area contributed by atoms with E-state index in [4.69, 9.17) is 4.74 Å². The molecule has 0 aliphatic heterocycles. The summed E-state index contributed by atoms with van der Waals surface area (Å²) >= 11 is 3.45. The van der Waals surface area contributed by atoms with E-state index in [2.05, 4.69) is 21.2 Å². The smallest absolute Gasteiger partial charge is 0.262 e. The molecule has 1 N–H and O–H groups in total. The maximum atomic E-state index is 12.7. The van der Waals surface area contributed by atoms with Crippen molar-refractivity contribution in [2.24, 2.45) is 0 Å². The molecule has 3 aromatic rings. The van der Waals surface area contributed by atoms with Gasteiger partial charge in [-0.3, -0.25) is 4.79 Å². The van der Waals surface area contributed by atoms with E-state index < -0.39 is 5.91 Å². The van der Waals surface area contributed by atoms with E-state index in [0.717, 1.165) is 15.6 Å². The van der Waals surface area contributed by atoms with Crippen molar-refractivity contribution >= 4 is 27.9 Å². The SMILES string of the molecule is Cc1ccc(COc2ccc(Br)cc2/C=C(/C#N)C(=O)N[C@H](C)c2ccccc2)cc1. The fourth-order valence-electron chi connectivity index (χ4n) is 3.01. The monoisotopic (exact) mass is 474 g/mol. The molecule has 5 heteroatoms. The summed E-state index contributed by atoms with van der Waals surface area (Å²) in [6, 6.07) is 25.0. The van der Waals surface area contributed by atoms with Crippen LogP contribution < -0.4 is 10.1 Å². The Morgan fingerprint density at radius 1 is 1.13 bits per heavy atom. The molecule has 4 nitrogen and oxygen atoms in total. The molecule has 0 bridgehead atoms. The van der Waals surface area contributed by atoms with E-state index in [1.807, 2.05) is 92.7 Å². The van der Waals surface area contributed by atoms with Gasteiger partial charge in [0, 0.05) is 10.0 Å². The van der Waals surface area contributed by atoms with Crippen LogP contribution in [0, 0.1) is 18.3 Å².